The molecule has 2 fully saturated rings. The lowest BCUT2D eigenvalue weighted by atomic mass is 10.1. The molecule has 2 aliphatic heterocycles. The minimum absolute atomic E-state index is 0.303. The molecule has 1 spiro atoms. The second-order valence-electron chi connectivity index (χ2n) is 3.15. The molecular weight excluding hydrogens is 160 g/mol. The van der Waals surface area contributed by atoms with Crippen LogP contribution in [0.2, 0.25) is 0 Å². The zero-order valence-corrected chi connectivity index (χ0v) is 6.71. The maximum absolute atomic E-state index is 10.8. The summed E-state index contributed by atoms with van der Waals surface area (Å²) in [6.45, 7) is 1.76. The summed E-state index contributed by atoms with van der Waals surface area (Å²) in [5.74, 6) is -0.911. The van der Waals surface area contributed by atoms with Gasteiger partial charge in [0.25, 0.3) is 0 Å². The van der Waals surface area contributed by atoms with Crippen LogP contribution in [0.25, 0.3) is 0 Å². The Hall–Kier alpha value is -0.650. The minimum atomic E-state index is -0.570. The molecule has 12 heavy (non-hydrogen) atoms. The number of nitrogens with two attached hydrogens (primary N) is 1. The Bertz CT molecular complexity index is 201. The second-order valence-corrected chi connectivity index (χ2v) is 3.15. The van der Waals surface area contributed by atoms with Crippen LogP contribution in [0.5, 0.6) is 0 Å². The fourth-order valence-corrected chi connectivity index (χ4v) is 1.65. The molecule has 2 heterocycles. The lowest BCUT2D eigenvalue weighted by molar-refractivity contribution is -0.143. The summed E-state index contributed by atoms with van der Waals surface area (Å²) in [5.41, 5.74) is 5.14. The lowest BCUT2D eigenvalue weighted by Gasteiger charge is -2.19. The molecule has 0 saturated carbocycles. The summed E-state index contributed by atoms with van der Waals surface area (Å²) < 4.78 is 10.8. The highest BCUT2D eigenvalue weighted by molar-refractivity contribution is 5.80. The number of carbonyl (C=O) groups is 1. The number of amides is 1. The first-order valence-corrected chi connectivity index (χ1v) is 4.02. The number of ether oxygens (including phenoxy) is 2. The molecule has 5 nitrogen and oxygen atoms in total. The normalized spacial score (nSPS) is 32.8. The lowest BCUT2D eigenvalue weighted by Crippen LogP contribution is -2.36. The largest absolute Gasteiger partial charge is 0.368 e. The molecule has 2 rings (SSSR count). The van der Waals surface area contributed by atoms with Crippen molar-refractivity contribution in [3.05, 3.63) is 0 Å². The number of primary amides is 1. The average molecular weight is 172 g/mol. The third kappa shape index (κ3) is 1.20. The van der Waals surface area contributed by atoms with Gasteiger partial charge in [0.1, 0.15) is 0 Å². The van der Waals surface area contributed by atoms with E-state index in [4.69, 9.17) is 15.2 Å². The molecule has 5 heteroatoms. The van der Waals surface area contributed by atoms with E-state index in [0.717, 1.165) is 0 Å². The van der Waals surface area contributed by atoms with E-state index in [9.17, 15) is 4.79 Å². The van der Waals surface area contributed by atoms with Gasteiger partial charge >= 0.3 is 0 Å². The van der Waals surface area contributed by atoms with E-state index in [-0.39, 0.29) is 11.9 Å². The molecule has 0 bridgehead atoms. The SMILES string of the molecule is NC(=O)C1CC2(CN1)OCCO2. The molecule has 2 saturated heterocycles. The maximum atomic E-state index is 10.8. The monoisotopic (exact) mass is 172 g/mol. The van der Waals surface area contributed by atoms with Gasteiger partial charge in [0.15, 0.2) is 5.79 Å². The Morgan fingerprint density at radius 2 is 2.17 bits per heavy atom. The van der Waals surface area contributed by atoms with Crippen LogP contribution in [-0.2, 0) is 14.3 Å². The molecule has 1 atom stereocenters. The fraction of sp³-hybridized carbons (Fsp3) is 0.857. The van der Waals surface area contributed by atoms with Crippen LogP contribution in [0.15, 0.2) is 0 Å². The second kappa shape index (κ2) is 2.69. The van der Waals surface area contributed by atoms with Gasteiger partial charge in [-0.2, -0.15) is 0 Å². The van der Waals surface area contributed by atoms with Gasteiger partial charge in [-0.25, -0.2) is 0 Å². The number of carbonyl (C=O) groups excluding carboxylic acids is 1. The molecule has 68 valence electrons. The molecule has 0 radical (unpaired) electrons. The molecule has 0 aromatic heterocycles. The van der Waals surface area contributed by atoms with Crippen LogP contribution in [0, 0.1) is 0 Å². The van der Waals surface area contributed by atoms with Crippen LogP contribution in [0.3, 0.4) is 0 Å². The van der Waals surface area contributed by atoms with E-state index >= 15 is 0 Å². The molecule has 2 aliphatic rings. The Morgan fingerprint density at radius 3 is 2.67 bits per heavy atom. The van der Waals surface area contributed by atoms with Crippen LogP contribution in [0.1, 0.15) is 6.42 Å². The van der Waals surface area contributed by atoms with Crippen LogP contribution in [-0.4, -0.2) is 37.5 Å². The number of nitrogens with one attached hydrogen (secondary N) is 1. The van der Waals surface area contributed by atoms with Crippen LogP contribution in [0.4, 0.5) is 0 Å². The van der Waals surface area contributed by atoms with E-state index in [1.165, 1.54) is 0 Å². The summed E-state index contributed by atoms with van der Waals surface area (Å²) in [5, 5.41) is 2.96. The topological polar surface area (TPSA) is 73.6 Å². The van der Waals surface area contributed by atoms with Crippen molar-refractivity contribution in [3.8, 4) is 0 Å². The summed E-state index contributed by atoms with van der Waals surface area (Å²) in [6.07, 6.45) is 0.530. The molecule has 0 aromatic carbocycles. The first kappa shape index (κ1) is 7.97. The van der Waals surface area contributed by atoms with Gasteiger partial charge in [0.2, 0.25) is 5.91 Å². The maximum Gasteiger partial charge on any atom is 0.234 e. The predicted molar refractivity (Wildman–Crippen MR) is 40.2 cm³/mol. The Balaban J connectivity index is 2.01. The van der Waals surface area contributed by atoms with Gasteiger partial charge in [-0.1, -0.05) is 0 Å². The van der Waals surface area contributed by atoms with Crippen molar-refractivity contribution in [2.75, 3.05) is 19.8 Å². The van der Waals surface area contributed by atoms with Gasteiger partial charge in [0, 0.05) is 6.42 Å². The van der Waals surface area contributed by atoms with Crippen molar-refractivity contribution in [1.29, 1.82) is 0 Å². The highest BCUT2D eigenvalue weighted by atomic mass is 16.7. The first-order chi connectivity index (χ1) is 5.72. The van der Waals surface area contributed by atoms with Crippen molar-refractivity contribution in [2.45, 2.75) is 18.2 Å². The summed E-state index contributed by atoms with van der Waals surface area (Å²) in [7, 11) is 0. The van der Waals surface area contributed by atoms with Crippen molar-refractivity contribution in [1.82, 2.24) is 5.32 Å². The Labute approximate surface area is 70.2 Å². The Morgan fingerprint density at radius 1 is 1.50 bits per heavy atom. The quantitative estimate of drug-likeness (QED) is 0.509. The third-order valence-corrected chi connectivity index (χ3v) is 2.29. The molecule has 0 aliphatic carbocycles. The van der Waals surface area contributed by atoms with Crippen molar-refractivity contribution in [3.63, 3.8) is 0 Å². The van der Waals surface area contributed by atoms with Gasteiger partial charge in [-0.05, 0) is 0 Å². The molecule has 1 amide bonds. The van der Waals surface area contributed by atoms with E-state index in [2.05, 4.69) is 5.32 Å². The smallest absolute Gasteiger partial charge is 0.234 e. The molecule has 0 aromatic rings. The minimum Gasteiger partial charge on any atom is -0.368 e. The third-order valence-electron chi connectivity index (χ3n) is 2.29. The highest BCUT2D eigenvalue weighted by Gasteiger charge is 2.45. The number of hydrogen-bond donors (Lipinski definition) is 2. The summed E-state index contributed by atoms with van der Waals surface area (Å²) >= 11 is 0. The van der Waals surface area contributed by atoms with E-state index in [1.54, 1.807) is 0 Å². The van der Waals surface area contributed by atoms with Gasteiger partial charge in [-0.3, -0.25) is 4.79 Å². The van der Waals surface area contributed by atoms with Gasteiger partial charge in [0.05, 0.1) is 25.8 Å². The van der Waals surface area contributed by atoms with Crippen LogP contribution < -0.4 is 11.1 Å². The first-order valence-electron chi connectivity index (χ1n) is 4.02. The molecule has 3 N–H and O–H groups in total. The van der Waals surface area contributed by atoms with Crippen molar-refractivity contribution in [2.24, 2.45) is 5.73 Å². The van der Waals surface area contributed by atoms with Crippen molar-refractivity contribution < 1.29 is 14.3 Å². The van der Waals surface area contributed by atoms with E-state index in [0.29, 0.717) is 26.2 Å². The molecular formula is C7H12N2O3. The van der Waals surface area contributed by atoms with E-state index in [1.807, 2.05) is 0 Å². The fourth-order valence-electron chi connectivity index (χ4n) is 1.65. The number of hydrogen-bond acceptors (Lipinski definition) is 4. The zero-order chi connectivity index (χ0) is 8.60. The number of rotatable bonds is 1. The standard InChI is InChI=1S/C7H12N2O3/c8-6(10)5-3-7(4-9-5)11-1-2-12-7/h5,9H,1-4H2,(H2,8,10). The van der Waals surface area contributed by atoms with Gasteiger partial charge < -0.3 is 20.5 Å². The zero-order valence-electron chi connectivity index (χ0n) is 6.71. The molecule has 1 unspecified atom stereocenters. The average Bonchev–Trinajstić information content (AvgIpc) is 2.62. The van der Waals surface area contributed by atoms with Gasteiger partial charge in [-0.15, -0.1) is 0 Å². The van der Waals surface area contributed by atoms with Crippen molar-refractivity contribution >= 4 is 5.91 Å². The van der Waals surface area contributed by atoms with Crippen LogP contribution >= 0.6 is 0 Å². The highest BCUT2D eigenvalue weighted by Crippen LogP contribution is 2.28. The predicted octanol–water partition coefficient (Wildman–Crippen LogP) is -1.42. The van der Waals surface area contributed by atoms with E-state index < -0.39 is 5.79 Å². The Kier molecular flexibility index (Phi) is 1.79. The summed E-state index contributed by atoms with van der Waals surface area (Å²) in [6, 6.07) is -0.303. The summed E-state index contributed by atoms with van der Waals surface area (Å²) in [4.78, 5) is 10.8.